The van der Waals surface area contributed by atoms with Crippen LogP contribution in [-0.2, 0) is 0 Å². The minimum absolute atomic E-state index is 0.518. The van der Waals surface area contributed by atoms with Crippen LogP contribution in [0.4, 0.5) is 0 Å². The van der Waals surface area contributed by atoms with Crippen LogP contribution in [0.15, 0.2) is 212 Å². The average Bonchev–Trinajstić information content (AvgIpc) is 4.13. The van der Waals surface area contributed by atoms with Crippen LogP contribution in [0, 0.1) is 37.0 Å². The van der Waals surface area contributed by atoms with Crippen molar-refractivity contribution in [2.24, 2.45) is 0 Å². The summed E-state index contributed by atoms with van der Waals surface area (Å²) < 4.78 is 9.48. The molecule has 0 saturated carbocycles. The summed E-state index contributed by atoms with van der Waals surface area (Å²) in [4.78, 5) is 0. The van der Waals surface area contributed by atoms with Gasteiger partial charge in [-0.15, -0.1) is 0 Å². The van der Waals surface area contributed by atoms with Crippen LogP contribution in [-0.4, -0.2) is 18.3 Å². The van der Waals surface area contributed by atoms with E-state index in [9.17, 15) is 5.26 Å². The number of nitriles is 1. The van der Waals surface area contributed by atoms with Crippen molar-refractivity contribution in [2.75, 3.05) is 0 Å². The number of benzene rings is 10. The summed E-state index contributed by atoms with van der Waals surface area (Å²) in [5.41, 5.74) is 15.7. The summed E-state index contributed by atoms with van der Waals surface area (Å²) in [7, 11) is 0. The lowest BCUT2D eigenvalue weighted by molar-refractivity contribution is 1.03. The molecular formula is C65H41N5. The zero-order valence-electron chi connectivity index (χ0n) is 38.4. The lowest BCUT2D eigenvalue weighted by atomic mass is 9.97. The van der Waals surface area contributed by atoms with Crippen molar-refractivity contribution >= 4 is 87.2 Å². The van der Waals surface area contributed by atoms with Crippen LogP contribution in [0.1, 0.15) is 27.8 Å². The maximum absolute atomic E-state index is 12.6. The van der Waals surface area contributed by atoms with E-state index in [4.69, 9.17) is 0 Å². The third-order valence-corrected chi connectivity index (χ3v) is 14.5. The Kier molecular flexibility index (Phi) is 8.62. The Labute approximate surface area is 403 Å². The van der Waals surface area contributed by atoms with E-state index in [2.05, 4.69) is 262 Å². The zero-order valence-corrected chi connectivity index (χ0v) is 38.4. The first-order chi connectivity index (χ1) is 34.6. The first kappa shape index (κ1) is 39.6. The van der Waals surface area contributed by atoms with Gasteiger partial charge in [-0.25, -0.2) is 0 Å². The third kappa shape index (κ3) is 5.49. The van der Waals surface area contributed by atoms with E-state index in [1.165, 1.54) is 0 Å². The normalized spacial score (nSPS) is 11.7. The van der Waals surface area contributed by atoms with Crippen molar-refractivity contribution in [3.8, 4) is 40.7 Å². The van der Waals surface area contributed by atoms with Crippen molar-refractivity contribution in [1.82, 2.24) is 18.3 Å². The average molecular weight is 892 g/mol. The monoisotopic (exact) mass is 891 g/mol. The van der Waals surface area contributed by atoms with Gasteiger partial charge in [-0.2, -0.15) is 5.26 Å². The summed E-state index contributed by atoms with van der Waals surface area (Å²) in [6.45, 7) is 4.29. The number of para-hydroxylation sites is 8. The van der Waals surface area contributed by atoms with Gasteiger partial charge in [-0.3, -0.25) is 0 Å². The molecule has 5 heteroatoms. The number of aromatic nitrogens is 4. The van der Waals surface area contributed by atoms with Crippen LogP contribution in [0.5, 0.6) is 0 Å². The Morgan fingerprint density at radius 1 is 0.257 bits per heavy atom. The number of aryl methyl sites for hydroxylation is 2. The molecule has 70 heavy (non-hydrogen) atoms. The lowest BCUT2D eigenvalue weighted by Gasteiger charge is -2.27. The predicted molar refractivity (Wildman–Crippen MR) is 290 cm³/mol. The van der Waals surface area contributed by atoms with Crippen molar-refractivity contribution in [2.45, 2.75) is 13.8 Å². The van der Waals surface area contributed by atoms with Gasteiger partial charge in [0.1, 0.15) is 11.6 Å². The van der Waals surface area contributed by atoms with Gasteiger partial charge in [0.15, 0.2) is 0 Å². The maximum atomic E-state index is 12.6. The van der Waals surface area contributed by atoms with Gasteiger partial charge in [0.05, 0.1) is 72.4 Å². The second-order valence-corrected chi connectivity index (χ2v) is 18.3. The van der Waals surface area contributed by atoms with E-state index in [0.717, 1.165) is 132 Å². The summed E-state index contributed by atoms with van der Waals surface area (Å²) in [6.07, 6.45) is 0. The number of nitrogens with zero attached hydrogens (tertiary/aromatic N) is 5. The number of hydrogen-bond acceptors (Lipinski definition) is 1. The third-order valence-electron chi connectivity index (χ3n) is 14.5. The molecule has 0 amide bonds. The second kappa shape index (κ2) is 15.2. The summed E-state index contributed by atoms with van der Waals surface area (Å²) in [5, 5.41) is 21.5. The molecule has 0 spiro atoms. The van der Waals surface area contributed by atoms with E-state index in [0.29, 0.717) is 5.56 Å². The lowest BCUT2D eigenvalue weighted by Crippen LogP contribution is -2.17. The standard InChI is InChI=1S/C65H41N5/c1-41-20-19-21-42(2)43(41)38-39-52-62(67-54-30-11-3-22-44(54)45-23-4-12-31-55(45)67)64(69-58-34-15-7-26-48(58)49-27-8-16-35-59(49)69)53(40-66)65(70-60-36-17-9-28-50(60)51-29-10-18-37-61(51)70)63(52)68-56-32-13-5-24-46(56)47-25-6-14-33-57(47)68/h3-37H,1-2H3. The van der Waals surface area contributed by atoms with Crippen molar-refractivity contribution in [1.29, 1.82) is 5.26 Å². The highest BCUT2D eigenvalue weighted by Crippen LogP contribution is 2.48. The summed E-state index contributed by atoms with van der Waals surface area (Å²) in [5.74, 6) is 7.88. The Balaban J connectivity index is 1.36. The SMILES string of the molecule is Cc1cccc(C)c1C#Cc1c(-n2c3ccccc3c3ccccc32)c(-n2c3ccccc3c3ccccc32)c(C#N)c(-n2c3ccccc3c3ccccc32)c1-n1c2ccccc2c2ccccc21. The fourth-order valence-corrected chi connectivity index (χ4v) is 11.6. The van der Waals surface area contributed by atoms with E-state index in [1.54, 1.807) is 0 Å². The van der Waals surface area contributed by atoms with Gasteiger partial charge in [-0.05, 0) is 73.5 Å². The van der Waals surface area contributed by atoms with Crippen LogP contribution in [0.2, 0.25) is 0 Å². The molecule has 0 radical (unpaired) electrons. The largest absolute Gasteiger partial charge is 0.306 e. The molecule has 0 aliphatic heterocycles. The number of fused-ring (bicyclic) bond motifs is 12. The first-order valence-electron chi connectivity index (χ1n) is 23.8. The zero-order chi connectivity index (χ0) is 46.6. The first-order valence-corrected chi connectivity index (χ1v) is 23.8. The Bertz CT molecular complexity index is 4160. The van der Waals surface area contributed by atoms with E-state index in [1.807, 2.05) is 0 Å². The molecule has 0 N–H and O–H groups in total. The molecule has 0 unspecified atom stereocenters. The van der Waals surface area contributed by atoms with Crippen LogP contribution < -0.4 is 0 Å². The van der Waals surface area contributed by atoms with Gasteiger partial charge in [0.25, 0.3) is 0 Å². The van der Waals surface area contributed by atoms with Crippen LogP contribution in [0.25, 0.3) is 110 Å². The maximum Gasteiger partial charge on any atom is 0.104 e. The molecule has 14 rings (SSSR count). The predicted octanol–water partition coefficient (Wildman–Crippen LogP) is 16.0. The molecule has 0 atom stereocenters. The molecule has 14 aromatic rings. The smallest absolute Gasteiger partial charge is 0.104 e. The molecule has 4 aromatic heterocycles. The Morgan fingerprint density at radius 2 is 0.471 bits per heavy atom. The van der Waals surface area contributed by atoms with Crippen LogP contribution >= 0.6 is 0 Å². The highest BCUT2D eigenvalue weighted by atomic mass is 15.1. The molecule has 0 fully saturated rings. The highest BCUT2D eigenvalue weighted by molar-refractivity contribution is 6.15. The van der Waals surface area contributed by atoms with Crippen molar-refractivity contribution in [3.63, 3.8) is 0 Å². The fraction of sp³-hybridized carbons (Fsp3) is 0.0308. The van der Waals surface area contributed by atoms with Gasteiger partial charge in [0.2, 0.25) is 0 Å². The van der Waals surface area contributed by atoms with E-state index >= 15 is 0 Å². The van der Waals surface area contributed by atoms with Gasteiger partial charge >= 0.3 is 0 Å². The molecule has 0 bridgehead atoms. The molecular weight excluding hydrogens is 851 g/mol. The van der Waals surface area contributed by atoms with Gasteiger partial charge in [-0.1, -0.05) is 176 Å². The molecule has 4 heterocycles. The molecule has 0 saturated heterocycles. The molecule has 0 aliphatic carbocycles. The second-order valence-electron chi connectivity index (χ2n) is 18.3. The Hall–Kier alpha value is -9.55. The quantitative estimate of drug-likeness (QED) is 0.162. The fourth-order valence-electron chi connectivity index (χ4n) is 11.6. The van der Waals surface area contributed by atoms with Gasteiger partial charge in [0, 0.05) is 48.7 Å². The number of hydrogen-bond donors (Lipinski definition) is 0. The molecule has 10 aromatic carbocycles. The minimum Gasteiger partial charge on any atom is -0.306 e. The topological polar surface area (TPSA) is 43.5 Å². The van der Waals surface area contributed by atoms with E-state index in [-0.39, 0.29) is 0 Å². The van der Waals surface area contributed by atoms with Crippen molar-refractivity contribution < 1.29 is 0 Å². The van der Waals surface area contributed by atoms with Gasteiger partial charge < -0.3 is 18.3 Å². The van der Waals surface area contributed by atoms with Crippen molar-refractivity contribution in [3.05, 3.63) is 240 Å². The minimum atomic E-state index is 0.518. The van der Waals surface area contributed by atoms with E-state index < -0.39 is 0 Å². The molecule has 326 valence electrons. The molecule has 5 nitrogen and oxygen atoms in total. The summed E-state index contributed by atoms with van der Waals surface area (Å²) in [6, 6.07) is 78.4. The summed E-state index contributed by atoms with van der Waals surface area (Å²) >= 11 is 0. The van der Waals surface area contributed by atoms with Crippen LogP contribution in [0.3, 0.4) is 0 Å². The Morgan fingerprint density at radius 3 is 0.714 bits per heavy atom. The molecule has 0 aliphatic rings. The highest BCUT2D eigenvalue weighted by Gasteiger charge is 2.34. The number of rotatable bonds is 4.